The number of alkyl halides is 3. The third-order valence-corrected chi connectivity index (χ3v) is 6.63. The molecule has 2 aromatic rings. The van der Waals surface area contributed by atoms with Gasteiger partial charge in [-0.05, 0) is 35.7 Å². The predicted molar refractivity (Wildman–Crippen MR) is 86.0 cm³/mol. The van der Waals surface area contributed by atoms with E-state index in [4.69, 9.17) is 0 Å². The van der Waals surface area contributed by atoms with Crippen molar-refractivity contribution in [3.8, 4) is 0 Å². The highest BCUT2D eigenvalue weighted by Gasteiger charge is 2.30. The van der Waals surface area contributed by atoms with Gasteiger partial charge in [0.05, 0.1) is 9.79 Å². The maximum Gasteiger partial charge on any atom is 0.402 e. The molecule has 0 aliphatic rings. The van der Waals surface area contributed by atoms with Gasteiger partial charge in [0, 0.05) is 11.4 Å². The van der Waals surface area contributed by atoms with Crippen LogP contribution in [0.1, 0.15) is 4.88 Å². The molecule has 1 aromatic heterocycles. The van der Waals surface area contributed by atoms with Crippen LogP contribution in [-0.4, -0.2) is 29.6 Å². The van der Waals surface area contributed by atoms with Crippen LogP contribution in [0.4, 0.5) is 13.2 Å². The quantitative estimate of drug-likeness (QED) is 0.726. The van der Waals surface area contributed by atoms with E-state index >= 15 is 0 Å². The number of hydrogen-bond donors (Lipinski definition) is 2. The summed E-state index contributed by atoms with van der Waals surface area (Å²) in [6.45, 7) is -1.63. The van der Waals surface area contributed by atoms with E-state index in [1.807, 2.05) is 0 Å². The molecule has 0 atom stereocenters. The SMILES string of the molecule is O=S(=O)(NCc1cccs1)c1ccc(S(=O)(=O)NCC(F)(F)F)cc1. The van der Waals surface area contributed by atoms with Crippen molar-refractivity contribution in [1.82, 2.24) is 9.44 Å². The summed E-state index contributed by atoms with van der Waals surface area (Å²) >= 11 is 1.37. The first kappa shape index (κ1) is 19.8. The summed E-state index contributed by atoms with van der Waals surface area (Å²) < 4.78 is 87.8. The second-order valence-corrected chi connectivity index (χ2v) is 9.38. The van der Waals surface area contributed by atoms with Crippen LogP contribution in [0, 0.1) is 0 Å². The van der Waals surface area contributed by atoms with Crippen LogP contribution in [0.5, 0.6) is 0 Å². The summed E-state index contributed by atoms with van der Waals surface area (Å²) in [5.41, 5.74) is 0. The molecule has 0 fully saturated rings. The summed E-state index contributed by atoms with van der Waals surface area (Å²) in [7, 11) is -8.26. The van der Waals surface area contributed by atoms with Gasteiger partial charge in [0.2, 0.25) is 20.0 Å². The lowest BCUT2D eigenvalue weighted by atomic mass is 10.4. The maximum absolute atomic E-state index is 12.1. The fraction of sp³-hybridized carbons (Fsp3) is 0.231. The molecule has 0 aliphatic heterocycles. The van der Waals surface area contributed by atoms with E-state index in [-0.39, 0.29) is 11.4 Å². The number of thiophene rings is 1. The van der Waals surface area contributed by atoms with Crippen LogP contribution in [0.15, 0.2) is 51.6 Å². The second kappa shape index (κ2) is 7.41. The lowest BCUT2D eigenvalue weighted by Crippen LogP contribution is -2.33. The molecule has 0 amide bonds. The Labute approximate surface area is 146 Å². The van der Waals surface area contributed by atoms with E-state index in [0.29, 0.717) is 0 Å². The third kappa shape index (κ3) is 5.78. The van der Waals surface area contributed by atoms with Crippen LogP contribution >= 0.6 is 11.3 Å². The third-order valence-electron chi connectivity index (χ3n) is 2.92. The van der Waals surface area contributed by atoms with Gasteiger partial charge in [-0.3, -0.25) is 0 Å². The van der Waals surface area contributed by atoms with Gasteiger partial charge in [0.15, 0.2) is 0 Å². The fourth-order valence-electron chi connectivity index (χ4n) is 1.72. The number of benzene rings is 1. The molecule has 138 valence electrons. The Kier molecular flexibility index (Phi) is 5.89. The molecule has 25 heavy (non-hydrogen) atoms. The number of halogens is 3. The van der Waals surface area contributed by atoms with Gasteiger partial charge in [-0.2, -0.15) is 13.2 Å². The Hall–Kier alpha value is -1.47. The summed E-state index contributed by atoms with van der Waals surface area (Å²) in [6, 6.07) is 7.39. The molecule has 0 bridgehead atoms. The molecule has 2 rings (SSSR count). The minimum atomic E-state index is -4.69. The number of nitrogens with one attached hydrogen (secondary N) is 2. The van der Waals surface area contributed by atoms with E-state index in [1.165, 1.54) is 16.1 Å². The molecule has 1 aromatic carbocycles. The average Bonchev–Trinajstić information content (AvgIpc) is 3.04. The van der Waals surface area contributed by atoms with Crippen molar-refractivity contribution in [2.45, 2.75) is 22.5 Å². The lowest BCUT2D eigenvalue weighted by molar-refractivity contribution is -0.121. The molecule has 2 N–H and O–H groups in total. The van der Waals surface area contributed by atoms with Crippen molar-refractivity contribution in [1.29, 1.82) is 0 Å². The Morgan fingerprint density at radius 2 is 1.40 bits per heavy atom. The lowest BCUT2D eigenvalue weighted by Gasteiger charge is -2.10. The Morgan fingerprint density at radius 1 is 0.880 bits per heavy atom. The molecule has 0 aliphatic carbocycles. The fourth-order valence-corrected chi connectivity index (χ4v) is 4.48. The molecule has 1 heterocycles. The van der Waals surface area contributed by atoms with Crippen molar-refractivity contribution in [2.24, 2.45) is 0 Å². The Morgan fingerprint density at radius 3 is 1.84 bits per heavy atom. The predicted octanol–water partition coefficient (Wildman–Crippen LogP) is 2.07. The van der Waals surface area contributed by atoms with Crippen molar-refractivity contribution >= 4 is 31.4 Å². The smallest absolute Gasteiger partial charge is 0.207 e. The number of hydrogen-bond acceptors (Lipinski definition) is 5. The summed E-state index contributed by atoms with van der Waals surface area (Å²) in [5.74, 6) is 0. The molecule has 0 radical (unpaired) electrons. The summed E-state index contributed by atoms with van der Waals surface area (Å²) in [4.78, 5) is 0.131. The van der Waals surface area contributed by atoms with Crippen molar-refractivity contribution < 1.29 is 30.0 Å². The first-order valence-electron chi connectivity index (χ1n) is 6.68. The first-order valence-corrected chi connectivity index (χ1v) is 10.5. The summed E-state index contributed by atoms with van der Waals surface area (Å²) in [5, 5.41) is 1.79. The van der Waals surface area contributed by atoms with Gasteiger partial charge in [0.1, 0.15) is 6.54 Å². The van der Waals surface area contributed by atoms with Crippen LogP contribution in [-0.2, 0) is 26.6 Å². The first-order chi connectivity index (χ1) is 11.5. The topological polar surface area (TPSA) is 92.3 Å². The van der Waals surface area contributed by atoms with Crippen molar-refractivity contribution in [3.05, 3.63) is 46.7 Å². The van der Waals surface area contributed by atoms with E-state index < -0.39 is 37.7 Å². The van der Waals surface area contributed by atoms with Gasteiger partial charge >= 0.3 is 6.18 Å². The molecular formula is C13H13F3N2O4S3. The molecule has 0 spiro atoms. The van der Waals surface area contributed by atoms with E-state index in [0.717, 1.165) is 29.1 Å². The zero-order valence-electron chi connectivity index (χ0n) is 12.4. The zero-order chi connectivity index (χ0) is 18.7. The maximum atomic E-state index is 12.1. The Bertz CT molecular complexity index is 906. The molecule has 6 nitrogen and oxygen atoms in total. The van der Waals surface area contributed by atoms with Crippen LogP contribution < -0.4 is 9.44 Å². The van der Waals surface area contributed by atoms with Crippen molar-refractivity contribution in [3.63, 3.8) is 0 Å². The monoisotopic (exact) mass is 414 g/mol. The van der Waals surface area contributed by atoms with Crippen molar-refractivity contribution in [2.75, 3.05) is 6.54 Å². The van der Waals surface area contributed by atoms with Gasteiger partial charge in [0.25, 0.3) is 0 Å². The molecule has 0 saturated carbocycles. The normalized spacial score (nSPS) is 13.1. The second-order valence-electron chi connectivity index (χ2n) is 4.82. The Balaban J connectivity index is 2.10. The van der Waals surface area contributed by atoms with Gasteiger partial charge in [-0.15, -0.1) is 11.3 Å². The van der Waals surface area contributed by atoms with E-state index in [9.17, 15) is 30.0 Å². The van der Waals surface area contributed by atoms with Crippen LogP contribution in [0.3, 0.4) is 0 Å². The molecule has 12 heteroatoms. The number of rotatable bonds is 7. The van der Waals surface area contributed by atoms with E-state index in [2.05, 4.69) is 4.72 Å². The van der Waals surface area contributed by atoms with Gasteiger partial charge in [-0.1, -0.05) is 6.07 Å². The largest absolute Gasteiger partial charge is 0.402 e. The number of sulfonamides is 2. The minimum Gasteiger partial charge on any atom is -0.207 e. The molecule has 0 unspecified atom stereocenters. The van der Waals surface area contributed by atoms with Crippen LogP contribution in [0.2, 0.25) is 0 Å². The van der Waals surface area contributed by atoms with Gasteiger partial charge in [-0.25, -0.2) is 26.3 Å². The highest BCUT2D eigenvalue weighted by molar-refractivity contribution is 7.90. The average molecular weight is 414 g/mol. The van der Waals surface area contributed by atoms with Crippen LogP contribution in [0.25, 0.3) is 0 Å². The standard InChI is InChI=1S/C13H13F3N2O4S3/c14-13(15,16)9-18-25(21,22)12-5-3-11(4-6-12)24(19,20)17-8-10-2-1-7-23-10/h1-7,17-18H,8-9H2. The van der Waals surface area contributed by atoms with E-state index in [1.54, 1.807) is 17.5 Å². The molecule has 0 saturated heterocycles. The zero-order valence-corrected chi connectivity index (χ0v) is 14.9. The summed E-state index contributed by atoms with van der Waals surface area (Å²) in [6.07, 6.45) is -4.69. The highest BCUT2D eigenvalue weighted by atomic mass is 32.2. The minimum absolute atomic E-state index is 0.0766. The molecular weight excluding hydrogens is 401 g/mol. The van der Waals surface area contributed by atoms with Gasteiger partial charge < -0.3 is 0 Å². The highest BCUT2D eigenvalue weighted by Crippen LogP contribution is 2.18.